The second-order valence-electron chi connectivity index (χ2n) is 3.26. The fourth-order valence-electron chi connectivity index (χ4n) is 1.29. The Morgan fingerprint density at radius 3 is 3.00 bits per heavy atom. The summed E-state index contributed by atoms with van der Waals surface area (Å²) < 4.78 is 145. The second-order valence-corrected chi connectivity index (χ2v) is 3.26. The van der Waals surface area contributed by atoms with Crippen molar-refractivity contribution in [2.24, 2.45) is 6.98 Å². The van der Waals surface area contributed by atoms with E-state index in [0.717, 1.165) is 0 Å². The summed E-state index contributed by atoms with van der Waals surface area (Å²) in [5.41, 5.74) is -1.59. The molecule has 0 saturated carbocycles. The summed E-state index contributed by atoms with van der Waals surface area (Å²) in [6.45, 7) is -15.0. The molecule has 0 fully saturated rings. The van der Waals surface area contributed by atoms with Gasteiger partial charge in [-0.15, -0.1) is 0 Å². The maximum Gasteiger partial charge on any atom is 0.124 e. The van der Waals surface area contributed by atoms with Gasteiger partial charge in [-0.3, -0.25) is 4.68 Å². The molecule has 0 saturated heterocycles. The molecule has 0 amide bonds. The molecule has 0 radical (unpaired) electrons. The first-order valence-electron chi connectivity index (χ1n) is 14.0. The van der Waals surface area contributed by atoms with Crippen molar-refractivity contribution in [3.63, 3.8) is 0 Å². The maximum atomic E-state index is 8.22. The van der Waals surface area contributed by atoms with Crippen molar-refractivity contribution in [2.75, 3.05) is 27.1 Å². The first-order valence-corrected chi connectivity index (χ1v) is 5.00. The number of rotatable bonds is 6. The Morgan fingerprint density at radius 2 is 2.26 bits per heavy atom. The van der Waals surface area contributed by atoms with Gasteiger partial charge in [0.25, 0.3) is 0 Å². The summed E-state index contributed by atoms with van der Waals surface area (Å²) in [5, 5.41) is 3.42. The SMILES string of the molecule is [2H]c1nn(C([2H])([2H])[2H])c(C(OCC([2H])([2H])N(C([2H])([2H])[2H])C([2H])([2H])[2H])c2c([2H])c([2H])c([2H])c([2H])c2[2H])c1[2H]. The minimum Gasteiger partial charge on any atom is -0.366 e. The first kappa shape index (κ1) is 3.51. The molecule has 0 bridgehead atoms. The molecule has 1 aromatic heterocycles. The minimum absolute atomic E-state index is 0.157. The van der Waals surface area contributed by atoms with E-state index in [1.807, 2.05) is 0 Å². The summed E-state index contributed by atoms with van der Waals surface area (Å²) in [7, 11) is 0. The molecule has 0 aliphatic rings. The largest absolute Gasteiger partial charge is 0.366 e. The third-order valence-corrected chi connectivity index (χ3v) is 2.06. The third-order valence-electron chi connectivity index (χ3n) is 2.06. The van der Waals surface area contributed by atoms with Crippen molar-refractivity contribution < 1.29 is 29.4 Å². The molecule has 4 heteroatoms. The van der Waals surface area contributed by atoms with Crippen LogP contribution < -0.4 is 0 Å². The predicted molar refractivity (Wildman–Crippen MR) is 76.0 cm³/mol. The molecule has 0 N–H and O–H groups in total. The van der Waals surface area contributed by atoms with Crippen LogP contribution in [0.2, 0.25) is 0 Å². The molecule has 0 aliphatic heterocycles. The summed E-state index contributed by atoms with van der Waals surface area (Å²) in [6, 6.07) is -5.38. The van der Waals surface area contributed by atoms with E-state index in [9.17, 15) is 0 Å². The van der Waals surface area contributed by atoms with Crippen LogP contribution in [0, 0.1) is 0 Å². The van der Waals surface area contributed by atoms with Gasteiger partial charge in [0, 0.05) is 34.7 Å². The minimum atomic E-state index is -3.51. The van der Waals surface area contributed by atoms with Crippen LogP contribution in [0.5, 0.6) is 0 Å². The Labute approximate surface area is 139 Å². The van der Waals surface area contributed by atoms with Crippen LogP contribution in [-0.2, 0) is 11.7 Å². The summed E-state index contributed by atoms with van der Waals surface area (Å²) in [4.78, 5) is -0.454. The van der Waals surface area contributed by atoms with Crippen molar-refractivity contribution in [2.45, 2.75) is 6.10 Å². The second kappa shape index (κ2) is 6.50. The number of hydrogen-bond acceptors (Lipinski definition) is 3. The molecular weight excluding hydrogens is 238 g/mol. The van der Waals surface area contributed by atoms with Gasteiger partial charge in [-0.25, -0.2) is 0 Å². The lowest BCUT2D eigenvalue weighted by molar-refractivity contribution is 0.0638. The normalized spacial score (nSPS) is 29.3. The number of benzene rings is 1. The monoisotopic (exact) mass is 277 g/mol. The molecule has 1 unspecified atom stereocenters. The highest BCUT2D eigenvalue weighted by Gasteiger charge is 2.17. The van der Waals surface area contributed by atoms with Crippen molar-refractivity contribution >= 4 is 0 Å². The highest BCUT2D eigenvalue weighted by atomic mass is 16.5. The average Bonchev–Trinajstić information content (AvgIpc) is 2.99. The Bertz CT molecular complexity index is 1120. The van der Waals surface area contributed by atoms with E-state index in [1.54, 1.807) is 0 Å². The van der Waals surface area contributed by atoms with Gasteiger partial charge in [0.2, 0.25) is 0 Å². The Balaban J connectivity index is 2.83. The zero-order valence-electron chi connectivity index (χ0n) is 27.5. The number of aromatic nitrogens is 2. The van der Waals surface area contributed by atoms with E-state index in [0.29, 0.717) is 0 Å². The molecule has 102 valence electrons. The zero-order valence-corrected chi connectivity index (χ0v) is 9.53. The summed E-state index contributed by atoms with van der Waals surface area (Å²) in [6.07, 6.45) is -3.08. The van der Waals surface area contributed by atoms with Gasteiger partial charge >= 0.3 is 0 Å². The van der Waals surface area contributed by atoms with Crippen LogP contribution in [0.4, 0.5) is 0 Å². The highest BCUT2D eigenvalue weighted by molar-refractivity contribution is 5.25. The van der Waals surface area contributed by atoms with Crippen molar-refractivity contribution in [3.05, 3.63) is 53.7 Å². The summed E-state index contributed by atoms with van der Waals surface area (Å²) in [5.74, 6) is 0. The van der Waals surface area contributed by atoms with Crippen LogP contribution in [0.3, 0.4) is 0 Å². The quantitative estimate of drug-likeness (QED) is 0.810. The van der Waals surface area contributed by atoms with E-state index in [4.69, 9.17) is 29.4 Å². The maximum absolute atomic E-state index is 8.22. The lowest BCUT2D eigenvalue weighted by Gasteiger charge is -2.20. The molecule has 4 nitrogen and oxygen atoms in total. The van der Waals surface area contributed by atoms with Crippen LogP contribution in [0.1, 0.15) is 42.0 Å². The number of nitrogens with zero attached hydrogens (tertiary/aromatic N) is 3. The first-order chi connectivity index (χ1) is 16.4. The van der Waals surface area contributed by atoms with Gasteiger partial charge in [-0.05, 0) is 25.6 Å². The molecule has 19 heavy (non-hydrogen) atoms. The number of hydrogen-bond donors (Lipinski definition) is 0. The lowest BCUT2D eigenvalue weighted by atomic mass is 10.1. The van der Waals surface area contributed by atoms with E-state index in [2.05, 4.69) is 5.10 Å². The van der Waals surface area contributed by atoms with E-state index >= 15 is 0 Å². The summed E-state index contributed by atoms with van der Waals surface area (Å²) >= 11 is 0. The smallest absolute Gasteiger partial charge is 0.124 e. The van der Waals surface area contributed by atoms with Gasteiger partial charge in [0.15, 0.2) is 0 Å². The molecule has 0 aliphatic carbocycles. The fourth-order valence-corrected chi connectivity index (χ4v) is 1.29. The molecule has 2 rings (SSSR count). The molecule has 0 spiro atoms. The van der Waals surface area contributed by atoms with Crippen LogP contribution in [0.25, 0.3) is 0 Å². The number of likely N-dealkylation sites (N-methyl/N-ethyl adjacent to an activating group) is 1. The molecule has 2 aromatic rings. The van der Waals surface area contributed by atoms with E-state index in [-0.39, 0.29) is 4.68 Å². The van der Waals surface area contributed by atoms with Crippen LogP contribution in [-0.4, -0.2) is 41.7 Å². The Hall–Kier alpha value is -1.65. The van der Waals surface area contributed by atoms with Crippen molar-refractivity contribution in [3.8, 4) is 0 Å². The Morgan fingerprint density at radius 1 is 1.42 bits per heavy atom. The van der Waals surface area contributed by atoms with Crippen molar-refractivity contribution in [1.82, 2.24) is 14.7 Å². The van der Waals surface area contributed by atoms with Crippen LogP contribution in [0.15, 0.2) is 42.4 Å². The standard InChI is InChI=1S/C15H21N3O/c1-17(2)11-12-19-15(13-7-5-4-6-8-13)14-9-10-16-18(14)3/h4-10,15H,11-12H2,1-3H3/i1D3,2D3,3D3,4D,5D,6D,7D,8D,9D,10D,11D2. The molecular formula is C15H21N3O. The third kappa shape index (κ3) is 3.66. The number of aryl methyl sites for hydroxylation is 1. The Kier molecular flexibility index (Phi) is 1.20. The topological polar surface area (TPSA) is 30.3 Å². The number of ether oxygens (including phenoxy) is 1. The molecule has 1 atom stereocenters. The van der Waals surface area contributed by atoms with Gasteiger partial charge in [-0.2, -0.15) is 5.10 Å². The van der Waals surface area contributed by atoms with Gasteiger partial charge in [0.1, 0.15) is 6.10 Å². The molecule has 1 aromatic carbocycles. The fraction of sp³-hybridized carbons (Fsp3) is 0.400. The lowest BCUT2D eigenvalue weighted by Crippen LogP contribution is -2.20. The van der Waals surface area contributed by atoms with E-state index < -0.39 is 98.7 Å². The molecule has 1 heterocycles. The van der Waals surface area contributed by atoms with Gasteiger partial charge < -0.3 is 9.64 Å². The van der Waals surface area contributed by atoms with Crippen molar-refractivity contribution in [1.29, 1.82) is 0 Å². The van der Waals surface area contributed by atoms with E-state index in [1.165, 1.54) is 0 Å². The van der Waals surface area contributed by atoms with Gasteiger partial charge in [0.05, 0.1) is 21.9 Å². The average molecular weight is 277 g/mol. The zero-order chi connectivity index (χ0) is 29.0. The highest BCUT2D eigenvalue weighted by Crippen LogP contribution is 2.25. The van der Waals surface area contributed by atoms with Crippen LogP contribution >= 0.6 is 0 Å². The van der Waals surface area contributed by atoms with Gasteiger partial charge in [-0.1, -0.05) is 30.2 Å². The predicted octanol–water partition coefficient (Wildman–Crippen LogP) is 2.09.